The lowest BCUT2D eigenvalue weighted by molar-refractivity contribution is -0.139. The van der Waals surface area contributed by atoms with Crippen LogP contribution in [0.4, 0.5) is 0 Å². The molecule has 8 heavy (non-hydrogen) atoms. The Balaban J connectivity index is 3.82. The molecule has 44 valence electrons. The van der Waals surface area contributed by atoms with Crippen molar-refractivity contribution in [2.24, 2.45) is 5.90 Å². The van der Waals surface area contributed by atoms with E-state index in [0.717, 1.165) is 0 Å². The van der Waals surface area contributed by atoms with Gasteiger partial charge in [-0.3, -0.25) is 0 Å². The zero-order valence-corrected chi connectivity index (χ0v) is 4.39. The van der Waals surface area contributed by atoms with Gasteiger partial charge in [-0.25, -0.2) is 4.79 Å². The van der Waals surface area contributed by atoms with Crippen LogP contribution in [0.5, 0.6) is 0 Å². The lowest BCUT2D eigenvalue weighted by Crippen LogP contribution is -2.10. The maximum Gasteiger partial charge on any atom is 0.355 e. The molecule has 0 fully saturated rings. The van der Waals surface area contributed by atoms with E-state index in [1.54, 1.807) is 0 Å². The van der Waals surface area contributed by atoms with Gasteiger partial charge < -0.3 is 4.84 Å². The second kappa shape index (κ2) is 2.98. The van der Waals surface area contributed by atoms with Crippen LogP contribution in [0.1, 0.15) is 0 Å². The number of hydrogen-bond donors (Lipinski definition) is 1. The highest BCUT2D eigenvalue weighted by molar-refractivity contribution is 5.90. The summed E-state index contributed by atoms with van der Waals surface area (Å²) < 4.78 is 0. The second-order valence-corrected chi connectivity index (χ2v) is 1.13. The van der Waals surface area contributed by atoms with Crippen LogP contribution in [-0.4, -0.2) is 5.97 Å². The minimum atomic E-state index is -0.653. The predicted molar refractivity (Wildman–Crippen MR) is 29.6 cm³/mol. The molecule has 0 aliphatic heterocycles. The standard InChI is InChI=1S/C5H7NO2/c1-3-4(2)5(7)8-6/h3H,1-2,6H2. The van der Waals surface area contributed by atoms with Gasteiger partial charge in [-0.05, 0) is 0 Å². The van der Waals surface area contributed by atoms with E-state index in [1.165, 1.54) is 6.08 Å². The topological polar surface area (TPSA) is 52.3 Å². The molecule has 0 aromatic heterocycles. The Morgan fingerprint density at radius 1 is 1.75 bits per heavy atom. The lowest BCUT2D eigenvalue weighted by Gasteiger charge is -1.91. The van der Waals surface area contributed by atoms with Crippen molar-refractivity contribution in [3.05, 3.63) is 24.8 Å². The van der Waals surface area contributed by atoms with Crippen molar-refractivity contribution < 1.29 is 9.63 Å². The smallest absolute Gasteiger partial charge is 0.355 e. The summed E-state index contributed by atoms with van der Waals surface area (Å²) in [5.74, 6) is 3.84. The molecule has 0 unspecified atom stereocenters. The third-order valence-electron chi connectivity index (χ3n) is 0.616. The molecule has 0 saturated heterocycles. The molecule has 0 aromatic carbocycles. The van der Waals surface area contributed by atoms with E-state index in [1.807, 2.05) is 0 Å². The molecule has 0 aliphatic carbocycles. The van der Waals surface area contributed by atoms with E-state index < -0.39 is 5.97 Å². The average molecular weight is 113 g/mol. The summed E-state index contributed by atoms with van der Waals surface area (Å²) in [7, 11) is 0. The van der Waals surface area contributed by atoms with Gasteiger partial charge in [0.05, 0.1) is 5.57 Å². The first-order chi connectivity index (χ1) is 3.72. The minimum absolute atomic E-state index is 0.160. The molecule has 2 N–H and O–H groups in total. The highest BCUT2D eigenvalue weighted by atomic mass is 16.7. The maximum absolute atomic E-state index is 10.2. The Labute approximate surface area is 47.4 Å². The van der Waals surface area contributed by atoms with Crippen molar-refractivity contribution in [3.8, 4) is 0 Å². The predicted octanol–water partition coefficient (Wildman–Crippen LogP) is 0.146. The molecule has 0 aromatic rings. The van der Waals surface area contributed by atoms with Crippen LogP contribution in [0.15, 0.2) is 24.8 Å². The summed E-state index contributed by atoms with van der Waals surface area (Å²) in [6.45, 7) is 6.55. The van der Waals surface area contributed by atoms with Gasteiger partial charge in [0.15, 0.2) is 0 Å². The van der Waals surface area contributed by atoms with Crippen LogP contribution in [0, 0.1) is 0 Å². The first-order valence-corrected chi connectivity index (χ1v) is 1.94. The fraction of sp³-hybridized carbons (Fsp3) is 0. The Morgan fingerprint density at radius 2 is 2.25 bits per heavy atom. The van der Waals surface area contributed by atoms with Crippen LogP contribution in [0.3, 0.4) is 0 Å². The van der Waals surface area contributed by atoms with Crippen molar-refractivity contribution in [3.63, 3.8) is 0 Å². The third-order valence-corrected chi connectivity index (χ3v) is 0.616. The summed E-state index contributed by atoms with van der Waals surface area (Å²) in [6.07, 6.45) is 1.27. The summed E-state index contributed by atoms with van der Waals surface area (Å²) in [5, 5.41) is 0. The zero-order valence-electron chi connectivity index (χ0n) is 4.39. The van der Waals surface area contributed by atoms with E-state index in [0.29, 0.717) is 0 Å². The fourth-order valence-electron chi connectivity index (χ4n) is 0.159. The monoisotopic (exact) mass is 113 g/mol. The van der Waals surface area contributed by atoms with Crippen LogP contribution >= 0.6 is 0 Å². The molecule has 0 rings (SSSR count). The van der Waals surface area contributed by atoms with Crippen molar-refractivity contribution in [2.45, 2.75) is 0 Å². The minimum Gasteiger partial charge on any atom is -0.370 e. The molecule has 0 saturated carbocycles. The van der Waals surface area contributed by atoms with Gasteiger partial charge in [0.25, 0.3) is 0 Å². The first kappa shape index (κ1) is 6.91. The quantitative estimate of drug-likeness (QED) is 0.315. The van der Waals surface area contributed by atoms with Gasteiger partial charge in [0.1, 0.15) is 0 Å². The van der Waals surface area contributed by atoms with Crippen LogP contribution < -0.4 is 5.90 Å². The number of rotatable bonds is 2. The van der Waals surface area contributed by atoms with Crippen LogP contribution in [-0.2, 0) is 9.63 Å². The molecule has 3 heteroatoms. The van der Waals surface area contributed by atoms with Crippen molar-refractivity contribution in [2.75, 3.05) is 0 Å². The van der Waals surface area contributed by atoms with Gasteiger partial charge in [-0.2, -0.15) is 5.90 Å². The molecule has 0 aliphatic rings. The van der Waals surface area contributed by atoms with Gasteiger partial charge in [0.2, 0.25) is 0 Å². The Morgan fingerprint density at radius 3 is 2.38 bits per heavy atom. The molecule has 0 amide bonds. The summed E-state index contributed by atoms with van der Waals surface area (Å²) in [6, 6.07) is 0. The number of nitrogens with two attached hydrogens (primary N) is 1. The summed E-state index contributed by atoms with van der Waals surface area (Å²) in [4.78, 5) is 14.0. The normalized spacial score (nSPS) is 7.62. The Kier molecular flexibility index (Phi) is 2.58. The molecule has 0 spiro atoms. The van der Waals surface area contributed by atoms with Crippen molar-refractivity contribution in [1.82, 2.24) is 0 Å². The fourth-order valence-corrected chi connectivity index (χ4v) is 0.159. The molecule has 0 heterocycles. The largest absolute Gasteiger partial charge is 0.370 e. The van der Waals surface area contributed by atoms with Gasteiger partial charge in [-0.1, -0.05) is 19.2 Å². The molecule has 0 radical (unpaired) electrons. The van der Waals surface area contributed by atoms with Crippen molar-refractivity contribution in [1.29, 1.82) is 0 Å². The summed E-state index contributed by atoms with van der Waals surface area (Å²) in [5.41, 5.74) is 0.160. The number of hydrogen-bond acceptors (Lipinski definition) is 3. The van der Waals surface area contributed by atoms with Crippen LogP contribution in [0.2, 0.25) is 0 Å². The van der Waals surface area contributed by atoms with Gasteiger partial charge in [-0.15, -0.1) is 0 Å². The molecular formula is C5H7NO2. The van der Waals surface area contributed by atoms with Gasteiger partial charge >= 0.3 is 5.97 Å². The molecular weight excluding hydrogens is 106 g/mol. The average Bonchev–Trinajstić information content (AvgIpc) is 1.84. The molecule has 0 atom stereocenters. The summed E-state index contributed by atoms with van der Waals surface area (Å²) >= 11 is 0. The molecule has 3 nitrogen and oxygen atoms in total. The SMILES string of the molecule is C=CC(=C)C(=O)ON. The number of carbonyl (C=O) groups is 1. The van der Waals surface area contributed by atoms with E-state index in [-0.39, 0.29) is 5.57 Å². The maximum atomic E-state index is 10.2. The first-order valence-electron chi connectivity index (χ1n) is 1.94. The molecule has 0 bridgehead atoms. The van der Waals surface area contributed by atoms with Crippen molar-refractivity contribution >= 4 is 5.97 Å². The van der Waals surface area contributed by atoms with E-state index >= 15 is 0 Å². The lowest BCUT2D eigenvalue weighted by atomic mass is 10.3. The van der Waals surface area contributed by atoms with Gasteiger partial charge in [0, 0.05) is 0 Å². The zero-order chi connectivity index (χ0) is 6.57. The Bertz CT molecular complexity index is 128. The van der Waals surface area contributed by atoms with Crippen LogP contribution in [0.25, 0.3) is 0 Å². The van der Waals surface area contributed by atoms with E-state index in [2.05, 4.69) is 23.9 Å². The number of carbonyl (C=O) groups excluding carboxylic acids is 1. The Hall–Kier alpha value is -1.09. The highest BCUT2D eigenvalue weighted by Crippen LogP contribution is 1.90. The van der Waals surface area contributed by atoms with E-state index in [4.69, 9.17) is 0 Å². The second-order valence-electron chi connectivity index (χ2n) is 1.13. The van der Waals surface area contributed by atoms with E-state index in [9.17, 15) is 4.79 Å². The highest BCUT2D eigenvalue weighted by Gasteiger charge is 1.99. The third kappa shape index (κ3) is 1.57.